The molecule has 0 spiro atoms. The molecule has 6 rings (SSSR count). The average molecular weight is 598 g/mol. The minimum absolute atomic E-state index is 0.0914. The van der Waals surface area contributed by atoms with Crippen LogP contribution in [0.1, 0.15) is 24.4 Å². The van der Waals surface area contributed by atoms with Gasteiger partial charge in [0.1, 0.15) is 41.6 Å². The summed E-state index contributed by atoms with van der Waals surface area (Å²) < 4.78 is 19.9. The number of ether oxygens (including phenoxy) is 3. The van der Waals surface area contributed by atoms with Crippen molar-refractivity contribution in [3.63, 3.8) is 0 Å². The Morgan fingerprint density at radius 2 is 1.95 bits per heavy atom. The Balaban J connectivity index is 1.45. The van der Waals surface area contributed by atoms with Crippen LogP contribution in [0.3, 0.4) is 0 Å². The standard InChI is InChI=1S/C30H31N9O5/c1-42-22-8-5-7-20(15-22)29(30(41)31-17-23-9-6-14-44-23)39(28(40)18-37-25-11-4-3-10-24(25)33-35-37)21-12-13-26(27(16-21)43-2)38-19-32-34-36-38/h3-5,7-8,10-13,15-16,19,23,29H,6,9,14,17-18H2,1-2H3,(H,31,41)/t23-,29+/m1/s1. The van der Waals surface area contributed by atoms with Crippen molar-refractivity contribution >= 4 is 28.5 Å². The molecule has 44 heavy (non-hydrogen) atoms. The minimum Gasteiger partial charge on any atom is -0.497 e. The second kappa shape index (κ2) is 12.9. The molecule has 14 heteroatoms. The second-order valence-electron chi connectivity index (χ2n) is 10.2. The van der Waals surface area contributed by atoms with Gasteiger partial charge in [-0.05, 0) is 65.2 Å². The van der Waals surface area contributed by atoms with E-state index in [1.807, 2.05) is 24.3 Å². The van der Waals surface area contributed by atoms with Crippen molar-refractivity contribution in [2.75, 3.05) is 32.3 Å². The molecule has 5 aromatic rings. The maximum absolute atomic E-state index is 14.4. The van der Waals surface area contributed by atoms with Gasteiger partial charge in [-0.25, -0.2) is 4.68 Å². The Labute approximate surface area is 252 Å². The van der Waals surface area contributed by atoms with E-state index in [1.165, 1.54) is 27.7 Å². The van der Waals surface area contributed by atoms with Crippen LogP contribution in [0.25, 0.3) is 16.7 Å². The fraction of sp³-hybridized carbons (Fsp3) is 0.300. The molecule has 0 saturated carbocycles. The lowest BCUT2D eigenvalue weighted by atomic mass is 10.0. The molecule has 14 nitrogen and oxygen atoms in total. The Morgan fingerprint density at radius 1 is 1.07 bits per heavy atom. The lowest BCUT2D eigenvalue weighted by molar-refractivity contribution is -0.127. The fourth-order valence-electron chi connectivity index (χ4n) is 5.30. The number of nitrogens with one attached hydrogen (secondary N) is 1. The molecule has 0 bridgehead atoms. The number of hydrogen-bond donors (Lipinski definition) is 1. The number of amides is 2. The monoisotopic (exact) mass is 597 g/mol. The van der Waals surface area contributed by atoms with Crippen molar-refractivity contribution in [3.8, 4) is 17.2 Å². The number of para-hydroxylation sites is 1. The van der Waals surface area contributed by atoms with Gasteiger partial charge in [0, 0.05) is 24.9 Å². The van der Waals surface area contributed by atoms with Crippen molar-refractivity contribution in [2.24, 2.45) is 0 Å². The van der Waals surface area contributed by atoms with Crippen LogP contribution >= 0.6 is 0 Å². The van der Waals surface area contributed by atoms with Gasteiger partial charge in [-0.3, -0.25) is 14.5 Å². The van der Waals surface area contributed by atoms with E-state index < -0.39 is 11.9 Å². The van der Waals surface area contributed by atoms with Gasteiger partial charge in [0.2, 0.25) is 11.8 Å². The molecular formula is C30H31N9O5. The summed E-state index contributed by atoms with van der Waals surface area (Å²) in [5, 5.41) is 22.8. The molecule has 226 valence electrons. The SMILES string of the molecule is COc1cccc([C@@H](C(=O)NC[C@H]2CCCO2)N(C(=O)Cn2nnc3ccccc32)c2ccc(-n3cnnn3)c(OC)c2)c1. The maximum Gasteiger partial charge on any atom is 0.249 e. The van der Waals surface area contributed by atoms with E-state index in [1.54, 1.807) is 49.6 Å². The van der Waals surface area contributed by atoms with Gasteiger partial charge in [0.05, 0.1) is 25.8 Å². The zero-order chi connectivity index (χ0) is 30.5. The molecule has 1 N–H and O–H groups in total. The highest BCUT2D eigenvalue weighted by Gasteiger charge is 2.35. The van der Waals surface area contributed by atoms with E-state index in [4.69, 9.17) is 14.2 Å². The van der Waals surface area contributed by atoms with Gasteiger partial charge in [0.15, 0.2) is 0 Å². The number of fused-ring (bicyclic) bond motifs is 1. The van der Waals surface area contributed by atoms with Crippen molar-refractivity contribution in [3.05, 3.63) is 78.6 Å². The number of nitrogens with zero attached hydrogens (tertiary/aromatic N) is 8. The molecule has 0 aliphatic carbocycles. The lowest BCUT2D eigenvalue weighted by Crippen LogP contribution is -2.46. The zero-order valence-corrected chi connectivity index (χ0v) is 24.2. The van der Waals surface area contributed by atoms with Crippen molar-refractivity contribution in [2.45, 2.75) is 31.5 Å². The van der Waals surface area contributed by atoms with Crippen LogP contribution in [-0.4, -0.2) is 80.5 Å². The van der Waals surface area contributed by atoms with Gasteiger partial charge in [0.25, 0.3) is 0 Å². The largest absolute Gasteiger partial charge is 0.497 e. The van der Waals surface area contributed by atoms with E-state index in [0.29, 0.717) is 52.6 Å². The van der Waals surface area contributed by atoms with E-state index >= 15 is 0 Å². The molecule has 3 aromatic carbocycles. The number of tetrazole rings is 1. The van der Waals surface area contributed by atoms with Gasteiger partial charge < -0.3 is 19.5 Å². The summed E-state index contributed by atoms with van der Waals surface area (Å²) in [6.45, 7) is 0.789. The summed E-state index contributed by atoms with van der Waals surface area (Å²) in [6, 6.07) is 18.5. The third-order valence-electron chi connectivity index (χ3n) is 7.46. The highest BCUT2D eigenvalue weighted by atomic mass is 16.5. The number of carbonyl (C=O) groups excluding carboxylic acids is 2. The predicted octanol–water partition coefficient (Wildman–Crippen LogP) is 2.49. The topological polar surface area (TPSA) is 151 Å². The van der Waals surface area contributed by atoms with Crippen molar-refractivity contribution < 1.29 is 23.8 Å². The third kappa shape index (κ3) is 5.92. The quantitative estimate of drug-likeness (QED) is 0.240. The lowest BCUT2D eigenvalue weighted by Gasteiger charge is -2.32. The Bertz CT molecular complexity index is 1750. The summed E-state index contributed by atoms with van der Waals surface area (Å²) in [5.41, 5.74) is 2.85. The van der Waals surface area contributed by atoms with Gasteiger partial charge >= 0.3 is 0 Å². The number of hydrogen-bond acceptors (Lipinski definition) is 10. The number of methoxy groups -OCH3 is 2. The highest BCUT2D eigenvalue weighted by Crippen LogP contribution is 2.35. The molecule has 1 fully saturated rings. The van der Waals surface area contributed by atoms with Crippen LogP contribution in [0.2, 0.25) is 0 Å². The highest BCUT2D eigenvalue weighted by molar-refractivity contribution is 6.02. The van der Waals surface area contributed by atoms with Crippen LogP contribution in [0.4, 0.5) is 5.69 Å². The Hall–Kier alpha value is -5.37. The molecule has 1 aliphatic rings. The van der Waals surface area contributed by atoms with Crippen molar-refractivity contribution in [1.29, 1.82) is 0 Å². The van der Waals surface area contributed by atoms with Gasteiger partial charge in [-0.2, -0.15) is 4.68 Å². The molecule has 2 atom stereocenters. The van der Waals surface area contributed by atoms with Crippen molar-refractivity contribution in [1.82, 2.24) is 40.5 Å². The molecule has 1 aliphatic heterocycles. The van der Waals surface area contributed by atoms with Gasteiger partial charge in [-0.15, -0.1) is 10.2 Å². The Morgan fingerprint density at radius 3 is 2.73 bits per heavy atom. The number of aromatic nitrogens is 7. The van der Waals surface area contributed by atoms with Crippen LogP contribution < -0.4 is 19.7 Å². The van der Waals surface area contributed by atoms with E-state index in [-0.39, 0.29) is 18.6 Å². The normalized spacial score (nSPS) is 15.2. The number of carbonyl (C=O) groups is 2. The fourth-order valence-corrected chi connectivity index (χ4v) is 5.30. The first-order chi connectivity index (χ1) is 21.6. The molecular weight excluding hydrogens is 566 g/mol. The first-order valence-electron chi connectivity index (χ1n) is 14.1. The summed E-state index contributed by atoms with van der Waals surface area (Å²) >= 11 is 0. The van der Waals surface area contributed by atoms with Crippen LogP contribution in [0, 0.1) is 0 Å². The molecule has 1 saturated heterocycles. The summed E-state index contributed by atoms with van der Waals surface area (Å²) in [4.78, 5) is 30.0. The molecule has 3 heterocycles. The summed E-state index contributed by atoms with van der Waals surface area (Å²) in [6.07, 6.45) is 3.13. The van der Waals surface area contributed by atoms with E-state index in [9.17, 15) is 9.59 Å². The third-order valence-corrected chi connectivity index (χ3v) is 7.46. The number of anilines is 1. The first kappa shape index (κ1) is 28.7. The summed E-state index contributed by atoms with van der Waals surface area (Å²) in [7, 11) is 3.06. The first-order valence-corrected chi connectivity index (χ1v) is 14.1. The van der Waals surface area contributed by atoms with Crippen LogP contribution in [-0.2, 0) is 20.9 Å². The maximum atomic E-state index is 14.4. The zero-order valence-electron chi connectivity index (χ0n) is 24.2. The van der Waals surface area contributed by atoms with E-state index in [2.05, 4.69) is 31.2 Å². The average Bonchev–Trinajstić information content (AvgIpc) is 3.86. The summed E-state index contributed by atoms with van der Waals surface area (Å²) in [5.74, 6) is 0.149. The molecule has 2 amide bonds. The van der Waals surface area contributed by atoms with E-state index in [0.717, 1.165) is 12.8 Å². The minimum atomic E-state index is -1.09. The number of benzene rings is 3. The van der Waals surface area contributed by atoms with Crippen LogP contribution in [0.15, 0.2) is 73.1 Å². The molecule has 0 unspecified atom stereocenters. The molecule has 0 radical (unpaired) electrons. The number of rotatable bonds is 11. The molecule has 2 aromatic heterocycles. The smallest absolute Gasteiger partial charge is 0.249 e. The van der Waals surface area contributed by atoms with Crippen LogP contribution in [0.5, 0.6) is 11.5 Å². The Kier molecular flexibility index (Phi) is 8.41. The predicted molar refractivity (Wildman–Crippen MR) is 158 cm³/mol. The second-order valence-corrected chi connectivity index (χ2v) is 10.2. The van der Waals surface area contributed by atoms with Gasteiger partial charge in [-0.1, -0.05) is 29.5 Å².